The largest absolute Gasteiger partial charge is 0.354 e. The van der Waals surface area contributed by atoms with E-state index in [-0.39, 0.29) is 23.3 Å². The summed E-state index contributed by atoms with van der Waals surface area (Å²) in [5.41, 5.74) is 1.86. The van der Waals surface area contributed by atoms with Gasteiger partial charge in [0.15, 0.2) is 0 Å². The molecule has 0 aliphatic carbocycles. The third kappa shape index (κ3) is 7.36. The van der Waals surface area contributed by atoms with Crippen LogP contribution in [0.1, 0.15) is 31.9 Å². The molecule has 202 valence electrons. The Morgan fingerprint density at radius 1 is 0.895 bits per heavy atom. The number of aryl methyl sites for hydroxylation is 1. The highest BCUT2D eigenvalue weighted by molar-refractivity contribution is 7.92. The molecule has 9 heteroatoms. The number of nitrogens with zero attached hydrogens (tertiary/aromatic N) is 2. The first kappa shape index (κ1) is 29.2. The molecule has 0 fully saturated rings. The molecule has 0 saturated carbocycles. The van der Waals surface area contributed by atoms with Crippen molar-refractivity contribution in [2.45, 2.75) is 45.2 Å². The molecule has 0 radical (unpaired) electrons. The summed E-state index contributed by atoms with van der Waals surface area (Å²) in [5, 5.41) is 3.43. The Bertz CT molecular complexity index is 1350. The summed E-state index contributed by atoms with van der Waals surface area (Å²) in [6.07, 6.45) is 0. The number of para-hydroxylation sites is 1. The maximum Gasteiger partial charge on any atom is 0.264 e. The predicted octanol–water partition coefficient (Wildman–Crippen LogP) is 5.03. The number of nitrogens with one attached hydrogen (secondary N) is 1. The van der Waals surface area contributed by atoms with Gasteiger partial charge in [-0.15, -0.1) is 0 Å². The number of sulfonamides is 1. The summed E-state index contributed by atoms with van der Waals surface area (Å²) in [4.78, 5) is 28.4. The molecule has 1 atom stereocenters. The molecule has 0 unspecified atom stereocenters. The predicted molar refractivity (Wildman–Crippen MR) is 151 cm³/mol. The number of hydrogen-bond acceptors (Lipinski definition) is 4. The van der Waals surface area contributed by atoms with Gasteiger partial charge in [-0.2, -0.15) is 0 Å². The highest BCUT2D eigenvalue weighted by Gasteiger charge is 2.33. The molecule has 0 aromatic heterocycles. The number of halogens is 1. The second-order valence-electron chi connectivity index (χ2n) is 9.57. The molecule has 3 aromatic rings. The third-order valence-corrected chi connectivity index (χ3v) is 8.14. The van der Waals surface area contributed by atoms with Crippen LogP contribution in [0, 0.1) is 12.8 Å². The van der Waals surface area contributed by atoms with Crippen molar-refractivity contribution in [3.05, 3.63) is 95.0 Å². The molecule has 0 bridgehead atoms. The Morgan fingerprint density at radius 3 is 2.11 bits per heavy atom. The normalized spacial score (nSPS) is 12.2. The Kier molecular flexibility index (Phi) is 9.94. The fraction of sp³-hybridized carbons (Fsp3) is 0.310. The molecule has 0 aliphatic heterocycles. The zero-order valence-electron chi connectivity index (χ0n) is 22.1. The summed E-state index contributed by atoms with van der Waals surface area (Å²) in [6.45, 7) is 7.50. The van der Waals surface area contributed by atoms with Crippen molar-refractivity contribution in [1.82, 2.24) is 10.2 Å². The van der Waals surface area contributed by atoms with Crippen molar-refractivity contribution in [1.29, 1.82) is 0 Å². The molecule has 2 amide bonds. The highest BCUT2D eigenvalue weighted by atomic mass is 35.5. The monoisotopic (exact) mass is 555 g/mol. The first-order valence-corrected chi connectivity index (χ1v) is 14.3. The minimum absolute atomic E-state index is 0.0722. The van der Waals surface area contributed by atoms with E-state index >= 15 is 0 Å². The second kappa shape index (κ2) is 12.9. The Balaban J connectivity index is 2.00. The van der Waals surface area contributed by atoms with Crippen LogP contribution in [0.5, 0.6) is 0 Å². The van der Waals surface area contributed by atoms with E-state index in [1.807, 2.05) is 19.9 Å². The van der Waals surface area contributed by atoms with Gasteiger partial charge in [-0.25, -0.2) is 8.42 Å². The highest BCUT2D eigenvalue weighted by Crippen LogP contribution is 2.27. The van der Waals surface area contributed by atoms with Gasteiger partial charge < -0.3 is 10.2 Å². The number of benzene rings is 3. The van der Waals surface area contributed by atoms with Gasteiger partial charge in [0.25, 0.3) is 10.0 Å². The van der Waals surface area contributed by atoms with Crippen molar-refractivity contribution in [2.75, 3.05) is 17.4 Å². The first-order valence-electron chi connectivity index (χ1n) is 12.5. The maximum atomic E-state index is 13.9. The van der Waals surface area contributed by atoms with Crippen molar-refractivity contribution < 1.29 is 18.0 Å². The lowest BCUT2D eigenvalue weighted by molar-refractivity contribution is -0.139. The van der Waals surface area contributed by atoms with Crippen molar-refractivity contribution in [3.8, 4) is 0 Å². The molecule has 0 aliphatic rings. The lowest BCUT2D eigenvalue weighted by atomic mass is 10.1. The Morgan fingerprint density at radius 2 is 1.50 bits per heavy atom. The van der Waals surface area contributed by atoms with E-state index in [0.29, 0.717) is 22.8 Å². The van der Waals surface area contributed by atoms with E-state index in [1.165, 1.54) is 17.0 Å². The van der Waals surface area contributed by atoms with Crippen LogP contribution < -0.4 is 9.62 Å². The average molecular weight is 556 g/mol. The van der Waals surface area contributed by atoms with Gasteiger partial charge in [0.1, 0.15) is 12.6 Å². The van der Waals surface area contributed by atoms with E-state index in [0.717, 1.165) is 9.87 Å². The Hall–Kier alpha value is -3.36. The van der Waals surface area contributed by atoms with Gasteiger partial charge in [-0.05, 0) is 61.2 Å². The standard InChI is InChI=1S/C29H34ClN3O4S/c1-21(2)18-31-29(35)23(4)32(19-24-14-16-25(30)17-15-24)28(34)20-33(27-13-9-8-10-22(27)3)38(36,37)26-11-6-5-7-12-26/h5-17,21,23H,18-20H2,1-4H3,(H,31,35)/t23-/m1/s1. The SMILES string of the molecule is Cc1ccccc1N(CC(=O)N(Cc1ccc(Cl)cc1)[C@H](C)C(=O)NCC(C)C)S(=O)(=O)c1ccccc1. The minimum Gasteiger partial charge on any atom is -0.354 e. The van der Waals surface area contributed by atoms with E-state index in [1.54, 1.807) is 74.5 Å². The lowest BCUT2D eigenvalue weighted by Gasteiger charge is -2.32. The summed E-state index contributed by atoms with van der Waals surface area (Å²) < 4.78 is 28.7. The van der Waals surface area contributed by atoms with Crippen LogP contribution >= 0.6 is 11.6 Å². The zero-order valence-corrected chi connectivity index (χ0v) is 23.7. The quantitative estimate of drug-likeness (QED) is 0.359. The fourth-order valence-corrected chi connectivity index (χ4v) is 5.52. The van der Waals surface area contributed by atoms with Crippen LogP contribution in [0.15, 0.2) is 83.8 Å². The second-order valence-corrected chi connectivity index (χ2v) is 11.9. The van der Waals surface area contributed by atoms with E-state index in [2.05, 4.69) is 5.32 Å². The number of carbonyl (C=O) groups is 2. The van der Waals surface area contributed by atoms with E-state index < -0.39 is 28.5 Å². The minimum atomic E-state index is -4.08. The van der Waals surface area contributed by atoms with Crippen LogP contribution in [0.25, 0.3) is 0 Å². The number of carbonyl (C=O) groups excluding carboxylic acids is 2. The van der Waals surface area contributed by atoms with Gasteiger partial charge in [0.2, 0.25) is 11.8 Å². The molecule has 38 heavy (non-hydrogen) atoms. The van der Waals surface area contributed by atoms with Crippen LogP contribution in [0.4, 0.5) is 5.69 Å². The summed E-state index contributed by atoms with van der Waals surface area (Å²) in [7, 11) is -4.08. The number of amides is 2. The lowest BCUT2D eigenvalue weighted by Crippen LogP contribution is -2.51. The van der Waals surface area contributed by atoms with Gasteiger partial charge in [0, 0.05) is 18.1 Å². The number of anilines is 1. The smallest absolute Gasteiger partial charge is 0.264 e. The van der Waals surface area contributed by atoms with Crippen LogP contribution in [-0.4, -0.2) is 44.3 Å². The maximum absolute atomic E-state index is 13.9. The van der Waals surface area contributed by atoms with Crippen molar-refractivity contribution in [2.24, 2.45) is 5.92 Å². The fourth-order valence-electron chi connectivity index (χ4n) is 3.90. The summed E-state index contributed by atoms with van der Waals surface area (Å²) in [6, 6.07) is 21.1. The van der Waals surface area contributed by atoms with Crippen molar-refractivity contribution >= 4 is 39.1 Å². The molecule has 0 spiro atoms. The van der Waals surface area contributed by atoms with Gasteiger partial charge in [0.05, 0.1) is 10.6 Å². The Labute approximate surface area is 230 Å². The molecule has 3 rings (SSSR count). The van der Waals surface area contributed by atoms with Crippen LogP contribution in [-0.2, 0) is 26.2 Å². The molecular formula is C29H34ClN3O4S. The number of rotatable bonds is 11. The molecule has 3 aromatic carbocycles. The van der Waals surface area contributed by atoms with E-state index in [4.69, 9.17) is 11.6 Å². The summed E-state index contributed by atoms with van der Waals surface area (Å²) >= 11 is 6.04. The summed E-state index contributed by atoms with van der Waals surface area (Å²) in [5.74, 6) is -0.580. The molecule has 0 saturated heterocycles. The zero-order chi connectivity index (χ0) is 27.9. The molecule has 1 N–H and O–H groups in total. The van der Waals surface area contributed by atoms with E-state index in [9.17, 15) is 18.0 Å². The molecule has 7 nitrogen and oxygen atoms in total. The number of hydrogen-bond donors (Lipinski definition) is 1. The topological polar surface area (TPSA) is 86.8 Å². The van der Waals surface area contributed by atoms with Gasteiger partial charge in [-0.1, -0.05) is 74.0 Å². The average Bonchev–Trinajstić information content (AvgIpc) is 2.90. The van der Waals surface area contributed by atoms with Gasteiger partial charge in [-0.3, -0.25) is 13.9 Å². The van der Waals surface area contributed by atoms with Crippen LogP contribution in [0.3, 0.4) is 0 Å². The first-order chi connectivity index (χ1) is 18.0. The van der Waals surface area contributed by atoms with Gasteiger partial charge >= 0.3 is 0 Å². The third-order valence-electron chi connectivity index (χ3n) is 6.11. The van der Waals surface area contributed by atoms with Crippen molar-refractivity contribution in [3.63, 3.8) is 0 Å². The van der Waals surface area contributed by atoms with Crippen LogP contribution in [0.2, 0.25) is 5.02 Å². The molecular weight excluding hydrogens is 522 g/mol. The molecule has 0 heterocycles.